The fourth-order valence-corrected chi connectivity index (χ4v) is 2.05. The summed E-state index contributed by atoms with van der Waals surface area (Å²) in [5, 5.41) is 2.81. The SMILES string of the molecule is O=C(/C=C/c1ccc(F)cc1)NC(=S)NNC(=O)COc1ccc(Cl)cc1. The van der Waals surface area contributed by atoms with E-state index in [1.54, 1.807) is 24.3 Å². The number of carbonyl (C=O) groups is 2. The molecule has 2 aromatic carbocycles. The Morgan fingerprint density at radius 1 is 1.07 bits per heavy atom. The molecule has 0 bridgehead atoms. The first-order valence-electron chi connectivity index (χ1n) is 7.64. The maximum absolute atomic E-state index is 12.8. The number of benzene rings is 2. The summed E-state index contributed by atoms with van der Waals surface area (Å²) < 4.78 is 18.1. The van der Waals surface area contributed by atoms with Gasteiger partial charge in [-0.2, -0.15) is 0 Å². The average Bonchev–Trinajstić information content (AvgIpc) is 2.65. The Balaban J connectivity index is 1.68. The number of rotatable bonds is 5. The van der Waals surface area contributed by atoms with Crippen LogP contribution < -0.4 is 20.9 Å². The number of halogens is 2. The molecule has 0 saturated heterocycles. The zero-order valence-electron chi connectivity index (χ0n) is 13.9. The van der Waals surface area contributed by atoms with E-state index in [1.165, 1.54) is 36.4 Å². The lowest BCUT2D eigenvalue weighted by molar-refractivity contribution is -0.123. The largest absolute Gasteiger partial charge is 0.484 e. The minimum atomic E-state index is -0.511. The third-order valence-corrected chi connectivity index (χ3v) is 3.49. The van der Waals surface area contributed by atoms with E-state index in [9.17, 15) is 14.0 Å². The molecular formula is C18H15ClFN3O3S. The van der Waals surface area contributed by atoms with Crippen molar-refractivity contribution in [2.24, 2.45) is 0 Å². The fraction of sp³-hybridized carbons (Fsp3) is 0.0556. The summed E-state index contributed by atoms with van der Waals surface area (Å²) in [6.45, 7) is -0.254. The maximum Gasteiger partial charge on any atom is 0.276 e. The number of amides is 2. The molecule has 2 amide bonds. The molecule has 0 spiro atoms. The molecule has 0 aliphatic carbocycles. The molecule has 3 N–H and O–H groups in total. The zero-order valence-corrected chi connectivity index (χ0v) is 15.4. The van der Waals surface area contributed by atoms with E-state index in [1.807, 2.05) is 0 Å². The van der Waals surface area contributed by atoms with Gasteiger partial charge in [-0.3, -0.25) is 25.8 Å². The molecule has 0 aliphatic rings. The zero-order chi connectivity index (χ0) is 19.6. The molecule has 0 aromatic heterocycles. The summed E-state index contributed by atoms with van der Waals surface area (Å²) in [6.07, 6.45) is 2.72. The van der Waals surface area contributed by atoms with Crippen molar-refractivity contribution in [1.82, 2.24) is 16.2 Å². The minimum absolute atomic E-state index is 0.0939. The highest BCUT2D eigenvalue weighted by Gasteiger charge is 2.05. The lowest BCUT2D eigenvalue weighted by Gasteiger charge is -2.10. The van der Waals surface area contributed by atoms with Crippen LogP contribution in [0.1, 0.15) is 5.56 Å². The molecule has 0 atom stereocenters. The van der Waals surface area contributed by atoms with Gasteiger partial charge in [-0.1, -0.05) is 23.7 Å². The monoisotopic (exact) mass is 407 g/mol. The van der Waals surface area contributed by atoms with Gasteiger partial charge in [-0.05, 0) is 60.3 Å². The van der Waals surface area contributed by atoms with Crippen molar-refractivity contribution >= 4 is 46.8 Å². The van der Waals surface area contributed by atoms with Crippen LogP contribution in [-0.4, -0.2) is 23.5 Å². The van der Waals surface area contributed by atoms with Crippen LogP contribution in [0.25, 0.3) is 6.08 Å². The molecule has 9 heteroatoms. The van der Waals surface area contributed by atoms with Crippen LogP contribution in [-0.2, 0) is 9.59 Å². The number of ether oxygens (including phenoxy) is 1. The van der Waals surface area contributed by atoms with Gasteiger partial charge < -0.3 is 4.74 Å². The van der Waals surface area contributed by atoms with E-state index in [0.29, 0.717) is 16.3 Å². The van der Waals surface area contributed by atoms with Crippen LogP contribution >= 0.6 is 23.8 Å². The Morgan fingerprint density at radius 3 is 2.41 bits per heavy atom. The minimum Gasteiger partial charge on any atom is -0.484 e. The smallest absolute Gasteiger partial charge is 0.276 e. The van der Waals surface area contributed by atoms with Crippen LogP contribution in [0, 0.1) is 5.82 Å². The van der Waals surface area contributed by atoms with Gasteiger partial charge in [0.2, 0.25) is 5.91 Å². The molecule has 0 aliphatic heterocycles. The Labute approximate surface area is 165 Å². The quantitative estimate of drug-likeness (QED) is 0.403. The third kappa shape index (κ3) is 7.85. The number of hydrogen-bond acceptors (Lipinski definition) is 4. The van der Waals surface area contributed by atoms with Gasteiger partial charge in [0.15, 0.2) is 11.7 Å². The predicted octanol–water partition coefficient (Wildman–Crippen LogP) is 2.59. The Hall–Kier alpha value is -2.97. The molecule has 0 radical (unpaired) electrons. The fourth-order valence-electron chi connectivity index (χ4n) is 1.77. The van der Waals surface area contributed by atoms with Crippen molar-refractivity contribution < 1.29 is 18.7 Å². The topological polar surface area (TPSA) is 79.5 Å². The van der Waals surface area contributed by atoms with E-state index in [0.717, 1.165) is 0 Å². The third-order valence-electron chi connectivity index (χ3n) is 3.03. The molecule has 0 unspecified atom stereocenters. The van der Waals surface area contributed by atoms with E-state index in [4.69, 9.17) is 28.6 Å². The summed E-state index contributed by atoms with van der Waals surface area (Å²) in [6, 6.07) is 12.1. The number of nitrogens with one attached hydrogen (secondary N) is 3. The first-order chi connectivity index (χ1) is 12.9. The van der Waals surface area contributed by atoms with Crippen LogP contribution in [0.2, 0.25) is 5.02 Å². The van der Waals surface area contributed by atoms with Crippen molar-refractivity contribution in [3.63, 3.8) is 0 Å². The van der Waals surface area contributed by atoms with Crippen molar-refractivity contribution in [3.05, 3.63) is 71.0 Å². The van der Waals surface area contributed by atoms with E-state index < -0.39 is 11.8 Å². The molecule has 140 valence electrons. The molecule has 2 aromatic rings. The molecule has 0 saturated carbocycles. The average molecular weight is 408 g/mol. The first-order valence-corrected chi connectivity index (χ1v) is 8.43. The normalized spacial score (nSPS) is 10.3. The van der Waals surface area contributed by atoms with Crippen LogP contribution in [0.4, 0.5) is 4.39 Å². The highest BCUT2D eigenvalue weighted by molar-refractivity contribution is 7.80. The maximum atomic E-state index is 12.8. The molecule has 0 fully saturated rings. The van der Waals surface area contributed by atoms with Crippen LogP contribution in [0.5, 0.6) is 5.75 Å². The second-order valence-corrected chi connectivity index (χ2v) is 5.96. The van der Waals surface area contributed by atoms with E-state index >= 15 is 0 Å². The summed E-state index contributed by atoms with van der Waals surface area (Å²) in [4.78, 5) is 23.4. The number of hydrazine groups is 1. The predicted molar refractivity (Wildman–Crippen MR) is 104 cm³/mol. The summed E-state index contributed by atoms with van der Waals surface area (Å²) in [5.41, 5.74) is 5.32. The molecular weight excluding hydrogens is 393 g/mol. The Bertz CT molecular complexity index is 842. The van der Waals surface area contributed by atoms with E-state index in [-0.39, 0.29) is 17.5 Å². The van der Waals surface area contributed by atoms with Gasteiger partial charge in [0.1, 0.15) is 11.6 Å². The van der Waals surface area contributed by atoms with E-state index in [2.05, 4.69) is 16.2 Å². The Kier molecular flexibility index (Phi) is 7.72. The van der Waals surface area contributed by atoms with Gasteiger partial charge in [0.25, 0.3) is 5.91 Å². The first kappa shape index (κ1) is 20.3. The standard InChI is InChI=1S/C18H15ClFN3O3S/c19-13-4-8-15(9-5-13)26-11-17(25)22-23-18(27)21-16(24)10-3-12-1-6-14(20)7-2-12/h1-10H,11H2,(H,22,25)(H2,21,23,24,27)/b10-3+. The molecule has 2 rings (SSSR count). The van der Waals surface area contributed by atoms with Crippen LogP contribution in [0.15, 0.2) is 54.6 Å². The molecule has 27 heavy (non-hydrogen) atoms. The number of hydrogen-bond donors (Lipinski definition) is 3. The van der Waals surface area contributed by atoms with Gasteiger partial charge in [-0.15, -0.1) is 0 Å². The van der Waals surface area contributed by atoms with Gasteiger partial charge in [0.05, 0.1) is 0 Å². The van der Waals surface area contributed by atoms with Gasteiger partial charge >= 0.3 is 0 Å². The van der Waals surface area contributed by atoms with Gasteiger partial charge in [0, 0.05) is 11.1 Å². The highest BCUT2D eigenvalue weighted by Crippen LogP contribution is 2.15. The number of thiocarbonyl (C=S) groups is 1. The molecule has 6 nitrogen and oxygen atoms in total. The Morgan fingerprint density at radius 2 is 1.74 bits per heavy atom. The summed E-state index contributed by atoms with van der Waals surface area (Å²) in [5.74, 6) is -0.888. The second-order valence-electron chi connectivity index (χ2n) is 5.12. The molecule has 0 heterocycles. The lowest BCUT2D eigenvalue weighted by atomic mass is 10.2. The second kappa shape index (κ2) is 10.2. The van der Waals surface area contributed by atoms with Crippen molar-refractivity contribution in [1.29, 1.82) is 0 Å². The summed E-state index contributed by atoms with van der Waals surface area (Å²) in [7, 11) is 0. The van der Waals surface area contributed by atoms with Crippen LogP contribution in [0.3, 0.4) is 0 Å². The van der Waals surface area contributed by atoms with Gasteiger partial charge in [-0.25, -0.2) is 4.39 Å². The van der Waals surface area contributed by atoms with Crippen molar-refractivity contribution in [2.75, 3.05) is 6.61 Å². The lowest BCUT2D eigenvalue weighted by Crippen LogP contribution is -2.49. The number of carbonyl (C=O) groups excluding carboxylic acids is 2. The summed E-state index contributed by atoms with van der Waals surface area (Å²) >= 11 is 10.6. The van der Waals surface area contributed by atoms with Crippen molar-refractivity contribution in [3.8, 4) is 5.75 Å². The highest BCUT2D eigenvalue weighted by atomic mass is 35.5. The van der Waals surface area contributed by atoms with Crippen molar-refractivity contribution in [2.45, 2.75) is 0 Å².